The van der Waals surface area contributed by atoms with Crippen molar-refractivity contribution < 1.29 is 9.90 Å². The van der Waals surface area contributed by atoms with E-state index in [0.717, 1.165) is 5.69 Å². The van der Waals surface area contributed by atoms with Gasteiger partial charge in [-0.1, -0.05) is 6.92 Å². The summed E-state index contributed by atoms with van der Waals surface area (Å²) in [5.74, 6) is 0.194. The summed E-state index contributed by atoms with van der Waals surface area (Å²) in [4.78, 5) is 20.2. The van der Waals surface area contributed by atoms with Gasteiger partial charge in [-0.3, -0.25) is 4.79 Å². The fraction of sp³-hybridized carbons (Fsp3) is 0.500. The van der Waals surface area contributed by atoms with E-state index >= 15 is 0 Å². The lowest BCUT2D eigenvalue weighted by Crippen LogP contribution is -2.38. The minimum atomic E-state index is -0.952. The van der Waals surface area contributed by atoms with E-state index in [9.17, 15) is 9.90 Å². The molecular formula is C12H17N5O2. The van der Waals surface area contributed by atoms with Crippen molar-refractivity contribution >= 4 is 11.7 Å². The van der Waals surface area contributed by atoms with Crippen LogP contribution in [0.1, 0.15) is 36.8 Å². The average Bonchev–Trinajstić information content (AvgIpc) is 2.81. The van der Waals surface area contributed by atoms with Gasteiger partial charge >= 0.3 is 0 Å². The van der Waals surface area contributed by atoms with E-state index in [-0.39, 0.29) is 12.5 Å². The second kappa shape index (κ2) is 4.93. The van der Waals surface area contributed by atoms with Crippen molar-refractivity contribution in [2.75, 3.05) is 6.54 Å². The van der Waals surface area contributed by atoms with E-state index in [0.29, 0.717) is 17.8 Å². The van der Waals surface area contributed by atoms with Crippen molar-refractivity contribution in [1.82, 2.24) is 24.9 Å². The van der Waals surface area contributed by atoms with Crippen LogP contribution in [-0.4, -0.2) is 42.7 Å². The van der Waals surface area contributed by atoms with Crippen molar-refractivity contribution in [3.05, 3.63) is 23.8 Å². The second-order valence-corrected chi connectivity index (χ2v) is 4.94. The molecule has 0 saturated heterocycles. The maximum Gasteiger partial charge on any atom is 0.254 e. The molecule has 102 valence electrons. The number of nitrogens with zero attached hydrogens (tertiary/aromatic N) is 4. The highest BCUT2D eigenvalue weighted by Gasteiger charge is 2.18. The smallest absolute Gasteiger partial charge is 0.254 e. The molecule has 19 heavy (non-hydrogen) atoms. The van der Waals surface area contributed by atoms with Crippen molar-refractivity contribution in [1.29, 1.82) is 0 Å². The van der Waals surface area contributed by atoms with Gasteiger partial charge in [-0.2, -0.15) is 10.1 Å². The van der Waals surface area contributed by atoms with Gasteiger partial charge in [0, 0.05) is 12.7 Å². The van der Waals surface area contributed by atoms with Crippen molar-refractivity contribution in [3.63, 3.8) is 0 Å². The van der Waals surface area contributed by atoms with Gasteiger partial charge in [-0.25, -0.2) is 9.50 Å². The Balaban J connectivity index is 2.31. The van der Waals surface area contributed by atoms with E-state index in [2.05, 4.69) is 20.4 Å². The van der Waals surface area contributed by atoms with Crippen molar-refractivity contribution in [3.8, 4) is 0 Å². The fourth-order valence-corrected chi connectivity index (χ4v) is 1.75. The molecular weight excluding hydrogens is 246 g/mol. The molecule has 0 atom stereocenters. The quantitative estimate of drug-likeness (QED) is 0.821. The molecule has 7 heteroatoms. The van der Waals surface area contributed by atoms with E-state index in [4.69, 9.17) is 0 Å². The van der Waals surface area contributed by atoms with Crippen LogP contribution >= 0.6 is 0 Å². The van der Waals surface area contributed by atoms with E-state index in [1.165, 1.54) is 12.5 Å². The standard InChI is InChI=1S/C12H17N5O2/c1-4-9-8(10(18)14-6-12(2,3)19)5-13-11-15-7-16-17(9)11/h5,7,19H,4,6H2,1-3H3,(H,14,18). The van der Waals surface area contributed by atoms with Gasteiger partial charge in [0.2, 0.25) is 0 Å². The Morgan fingerprint density at radius 1 is 1.47 bits per heavy atom. The van der Waals surface area contributed by atoms with Crippen molar-refractivity contribution in [2.45, 2.75) is 32.8 Å². The number of hydrogen-bond donors (Lipinski definition) is 2. The predicted molar refractivity (Wildman–Crippen MR) is 68.8 cm³/mol. The summed E-state index contributed by atoms with van der Waals surface area (Å²) in [6.07, 6.45) is 3.52. The highest BCUT2D eigenvalue weighted by atomic mass is 16.3. The first-order valence-electron chi connectivity index (χ1n) is 6.10. The van der Waals surface area contributed by atoms with Crippen LogP contribution in [0.4, 0.5) is 0 Å². The van der Waals surface area contributed by atoms with E-state index in [1.54, 1.807) is 18.4 Å². The number of nitrogens with one attached hydrogen (secondary N) is 1. The average molecular weight is 263 g/mol. The predicted octanol–water partition coefficient (Wildman–Crippen LogP) is 0.187. The van der Waals surface area contributed by atoms with Gasteiger partial charge in [0.15, 0.2) is 0 Å². The molecule has 0 radical (unpaired) electrons. The second-order valence-electron chi connectivity index (χ2n) is 4.94. The van der Waals surface area contributed by atoms with Gasteiger partial charge in [-0.05, 0) is 20.3 Å². The first kappa shape index (κ1) is 13.4. The highest BCUT2D eigenvalue weighted by molar-refractivity contribution is 5.95. The Bertz CT molecular complexity index is 600. The van der Waals surface area contributed by atoms with E-state index in [1.807, 2.05) is 6.92 Å². The first-order chi connectivity index (χ1) is 8.92. The van der Waals surface area contributed by atoms with Crippen LogP contribution in [0.3, 0.4) is 0 Å². The van der Waals surface area contributed by atoms with Crippen LogP contribution in [0.2, 0.25) is 0 Å². The monoisotopic (exact) mass is 263 g/mol. The lowest BCUT2D eigenvalue weighted by molar-refractivity contribution is 0.0693. The zero-order valence-electron chi connectivity index (χ0n) is 11.2. The van der Waals surface area contributed by atoms with Crippen LogP contribution in [0.15, 0.2) is 12.5 Å². The molecule has 2 aromatic rings. The fourth-order valence-electron chi connectivity index (χ4n) is 1.75. The molecule has 2 rings (SSSR count). The van der Waals surface area contributed by atoms with Crippen LogP contribution < -0.4 is 5.32 Å². The maximum absolute atomic E-state index is 12.1. The molecule has 0 spiro atoms. The lowest BCUT2D eigenvalue weighted by atomic mass is 10.1. The van der Waals surface area contributed by atoms with Crippen LogP contribution in [0.25, 0.3) is 5.78 Å². The first-order valence-corrected chi connectivity index (χ1v) is 6.10. The zero-order valence-corrected chi connectivity index (χ0v) is 11.2. The minimum absolute atomic E-state index is 0.171. The lowest BCUT2D eigenvalue weighted by Gasteiger charge is -2.18. The minimum Gasteiger partial charge on any atom is -0.389 e. The molecule has 0 aromatic carbocycles. The molecule has 0 aliphatic heterocycles. The number of aryl methyl sites for hydroxylation is 1. The van der Waals surface area contributed by atoms with Gasteiger partial charge in [0.05, 0.1) is 16.9 Å². The number of amides is 1. The Morgan fingerprint density at radius 3 is 2.84 bits per heavy atom. The molecule has 2 N–H and O–H groups in total. The molecule has 0 fully saturated rings. The van der Waals surface area contributed by atoms with Crippen LogP contribution in [0, 0.1) is 0 Å². The summed E-state index contributed by atoms with van der Waals surface area (Å²) in [7, 11) is 0. The number of carbonyl (C=O) groups excluding carboxylic acids is 1. The summed E-state index contributed by atoms with van der Waals surface area (Å²) in [5.41, 5.74) is 0.243. The summed E-state index contributed by atoms with van der Waals surface area (Å²) < 4.78 is 1.55. The maximum atomic E-state index is 12.1. The van der Waals surface area contributed by atoms with Gasteiger partial charge in [-0.15, -0.1) is 0 Å². The van der Waals surface area contributed by atoms with Crippen molar-refractivity contribution in [2.24, 2.45) is 0 Å². The summed E-state index contributed by atoms with van der Waals surface area (Å²) in [6.45, 7) is 5.37. The van der Waals surface area contributed by atoms with Gasteiger partial charge in [0.1, 0.15) is 6.33 Å². The third kappa shape index (κ3) is 2.87. The van der Waals surface area contributed by atoms with E-state index < -0.39 is 5.60 Å². The molecule has 7 nitrogen and oxygen atoms in total. The number of fused-ring (bicyclic) bond motifs is 1. The Hall–Kier alpha value is -2.02. The SMILES string of the molecule is CCc1c(C(=O)NCC(C)(C)O)cnc2ncnn12. The molecule has 2 aromatic heterocycles. The number of aliphatic hydroxyl groups is 1. The van der Waals surface area contributed by atoms with Crippen LogP contribution in [-0.2, 0) is 6.42 Å². The summed E-state index contributed by atoms with van der Waals surface area (Å²) in [5, 5.41) is 16.4. The number of rotatable bonds is 4. The zero-order chi connectivity index (χ0) is 14.0. The molecule has 1 amide bonds. The van der Waals surface area contributed by atoms with Gasteiger partial charge in [0.25, 0.3) is 11.7 Å². The Labute approximate surface area is 110 Å². The molecule has 0 bridgehead atoms. The topological polar surface area (TPSA) is 92.4 Å². The molecule has 0 saturated carbocycles. The van der Waals surface area contributed by atoms with Gasteiger partial charge < -0.3 is 10.4 Å². The van der Waals surface area contributed by atoms with Crippen LogP contribution in [0.5, 0.6) is 0 Å². The number of aromatic nitrogens is 4. The molecule has 0 aliphatic carbocycles. The normalized spacial score (nSPS) is 11.8. The molecule has 0 aliphatic rings. The summed E-state index contributed by atoms with van der Waals surface area (Å²) >= 11 is 0. The largest absolute Gasteiger partial charge is 0.389 e. The number of hydrogen-bond acceptors (Lipinski definition) is 5. The Kier molecular flexibility index (Phi) is 3.48. The third-order valence-corrected chi connectivity index (χ3v) is 2.67. The summed E-state index contributed by atoms with van der Waals surface area (Å²) in [6, 6.07) is 0. The Morgan fingerprint density at radius 2 is 2.21 bits per heavy atom. The highest BCUT2D eigenvalue weighted by Crippen LogP contribution is 2.10. The number of carbonyl (C=O) groups is 1. The molecule has 2 heterocycles. The molecule has 0 unspecified atom stereocenters. The third-order valence-electron chi connectivity index (χ3n) is 2.67.